The monoisotopic (exact) mass is 455 g/mol. The minimum absolute atomic E-state index is 0.000422. The number of ether oxygens (including phenoxy) is 1. The Morgan fingerprint density at radius 1 is 1.12 bits per heavy atom. The number of benzene rings is 1. The number of nitrogens with zero attached hydrogens (tertiary/aromatic N) is 5. The van der Waals surface area contributed by atoms with Crippen LogP contribution >= 0.6 is 0 Å². The maximum Gasteiger partial charge on any atom is 0.406 e. The summed E-state index contributed by atoms with van der Waals surface area (Å²) in [6.45, 7) is -1.28. The van der Waals surface area contributed by atoms with E-state index in [9.17, 15) is 18.0 Å². The fourth-order valence-electron chi connectivity index (χ4n) is 4.25. The van der Waals surface area contributed by atoms with Crippen LogP contribution in [0.15, 0.2) is 49.1 Å². The van der Waals surface area contributed by atoms with Gasteiger partial charge in [0.2, 0.25) is 0 Å². The first-order chi connectivity index (χ1) is 15.7. The van der Waals surface area contributed by atoms with Crippen LogP contribution in [0.4, 0.5) is 13.2 Å². The number of alkyl halides is 3. The van der Waals surface area contributed by atoms with Crippen molar-refractivity contribution in [2.75, 3.05) is 20.2 Å². The molecule has 0 bridgehead atoms. The van der Waals surface area contributed by atoms with E-state index in [1.165, 1.54) is 7.11 Å². The number of pyridine rings is 1. The minimum Gasteiger partial charge on any atom is -0.496 e. The zero-order chi connectivity index (χ0) is 23.3. The molecule has 0 spiro atoms. The van der Waals surface area contributed by atoms with Gasteiger partial charge in [0, 0.05) is 37.1 Å². The fourth-order valence-corrected chi connectivity index (χ4v) is 4.25. The minimum atomic E-state index is -4.45. The number of halogens is 3. The van der Waals surface area contributed by atoms with Crippen molar-refractivity contribution < 1.29 is 22.7 Å². The van der Waals surface area contributed by atoms with Gasteiger partial charge in [0.25, 0.3) is 5.91 Å². The summed E-state index contributed by atoms with van der Waals surface area (Å²) in [5.41, 5.74) is 5.08. The third kappa shape index (κ3) is 3.81. The van der Waals surface area contributed by atoms with Crippen LogP contribution in [0.1, 0.15) is 15.9 Å². The molecular formula is C23H20F3N5O2. The number of imidazole rings is 1. The first-order valence-corrected chi connectivity index (χ1v) is 10.3. The van der Waals surface area contributed by atoms with Crippen molar-refractivity contribution in [2.24, 2.45) is 7.05 Å². The highest BCUT2D eigenvalue weighted by molar-refractivity contribution is 6.00. The molecule has 1 aliphatic heterocycles. The van der Waals surface area contributed by atoms with E-state index in [0.717, 1.165) is 32.9 Å². The van der Waals surface area contributed by atoms with Crippen LogP contribution in [0.25, 0.3) is 28.0 Å². The second-order valence-corrected chi connectivity index (χ2v) is 7.99. The molecule has 0 N–H and O–H groups in total. The zero-order valence-corrected chi connectivity index (χ0v) is 17.9. The molecule has 0 unspecified atom stereocenters. The van der Waals surface area contributed by atoms with Crippen LogP contribution in [0.3, 0.4) is 0 Å². The van der Waals surface area contributed by atoms with E-state index >= 15 is 0 Å². The van der Waals surface area contributed by atoms with Crippen molar-refractivity contribution in [1.82, 2.24) is 24.1 Å². The van der Waals surface area contributed by atoms with Gasteiger partial charge in [0.1, 0.15) is 17.9 Å². The lowest BCUT2D eigenvalue weighted by Crippen LogP contribution is -2.43. The van der Waals surface area contributed by atoms with Crippen LogP contribution < -0.4 is 4.74 Å². The van der Waals surface area contributed by atoms with Crippen LogP contribution in [0, 0.1) is 0 Å². The molecule has 1 aromatic carbocycles. The second-order valence-electron chi connectivity index (χ2n) is 7.99. The predicted molar refractivity (Wildman–Crippen MR) is 115 cm³/mol. The third-order valence-electron chi connectivity index (χ3n) is 5.77. The van der Waals surface area contributed by atoms with Gasteiger partial charge in [-0.05, 0) is 41.8 Å². The van der Waals surface area contributed by atoms with Crippen molar-refractivity contribution >= 4 is 11.6 Å². The van der Waals surface area contributed by atoms with Crippen molar-refractivity contribution in [1.29, 1.82) is 0 Å². The summed E-state index contributed by atoms with van der Waals surface area (Å²) in [6, 6.07) is 7.42. The van der Waals surface area contributed by atoms with Gasteiger partial charge in [-0.1, -0.05) is 0 Å². The lowest BCUT2D eigenvalue weighted by Gasteiger charge is -2.30. The number of fused-ring (bicyclic) bond motifs is 2. The molecule has 5 rings (SSSR count). The van der Waals surface area contributed by atoms with E-state index < -0.39 is 18.6 Å². The van der Waals surface area contributed by atoms with E-state index in [-0.39, 0.29) is 17.9 Å². The molecule has 33 heavy (non-hydrogen) atoms. The Kier molecular flexibility index (Phi) is 4.88. The van der Waals surface area contributed by atoms with Crippen molar-refractivity contribution in [3.8, 4) is 28.1 Å². The molecule has 1 amide bonds. The first-order valence-electron chi connectivity index (χ1n) is 10.3. The zero-order valence-electron chi connectivity index (χ0n) is 17.9. The molecule has 0 radical (unpaired) electrons. The summed E-state index contributed by atoms with van der Waals surface area (Å²) in [5.74, 6) is -0.419. The van der Waals surface area contributed by atoms with E-state index in [2.05, 4.69) is 10.1 Å². The topological polar surface area (TPSA) is 64.7 Å². The van der Waals surface area contributed by atoms with Gasteiger partial charge in [-0.15, -0.1) is 0 Å². The van der Waals surface area contributed by atoms with E-state index in [4.69, 9.17) is 4.74 Å². The van der Waals surface area contributed by atoms with Crippen LogP contribution in [-0.2, 0) is 13.5 Å². The Balaban J connectivity index is 1.54. The van der Waals surface area contributed by atoms with Crippen molar-refractivity contribution in [2.45, 2.75) is 12.6 Å². The number of methoxy groups -OCH3 is 1. The highest BCUT2D eigenvalue weighted by Gasteiger charge is 2.37. The molecule has 4 aromatic rings. The third-order valence-corrected chi connectivity index (χ3v) is 5.77. The highest BCUT2D eigenvalue weighted by Crippen LogP contribution is 2.35. The Labute approximate surface area is 187 Å². The summed E-state index contributed by atoms with van der Waals surface area (Å²) >= 11 is 0. The molecule has 10 heteroatoms. The van der Waals surface area contributed by atoms with Gasteiger partial charge in [0.05, 0.1) is 30.8 Å². The van der Waals surface area contributed by atoms with Gasteiger partial charge in [-0.2, -0.15) is 18.3 Å². The molecule has 1 aliphatic rings. The Morgan fingerprint density at radius 3 is 2.64 bits per heavy atom. The molecule has 0 saturated heterocycles. The predicted octanol–water partition coefficient (Wildman–Crippen LogP) is 3.97. The van der Waals surface area contributed by atoms with E-state index in [1.807, 2.05) is 42.0 Å². The summed E-state index contributed by atoms with van der Waals surface area (Å²) in [7, 11) is 3.26. The molecule has 3 aromatic heterocycles. The summed E-state index contributed by atoms with van der Waals surface area (Å²) in [6.07, 6.45) is 3.19. The van der Waals surface area contributed by atoms with E-state index in [0.29, 0.717) is 12.0 Å². The molecular weight excluding hydrogens is 435 g/mol. The Bertz CT molecular complexity index is 1360. The largest absolute Gasteiger partial charge is 0.496 e. The number of hydrogen-bond acceptors (Lipinski definition) is 4. The molecule has 170 valence electrons. The number of hydrogen-bond donors (Lipinski definition) is 0. The summed E-state index contributed by atoms with van der Waals surface area (Å²) in [5, 5.41) is 4.20. The van der Waals surface area contributed by atoms with Gasteiger partial charge in [-0.3, -0.25) is 13.9 Å². The Hall–Kier alpha value is -3.82. The molecule has 0 atom stereocenters. The standard InChI is InChI=1S/C23H20F3N5O2/c1-29-12-17(10-28-29)14-4-6-31-18(11-27-20(31)9-14)16-7-15-3-5-30(13-23(24,25)26)22(32)21(15)19(8-16)33-2/h4,6-12H,3,5,13H2,1-2H3. The normalized spacial score (nSPS) is 14.1. The molecule has 0 saturated carbocycles. The summed E-state index contributed by atoms with van der Waals surface area (Å²) < 4.78 is 47.7. The maximum absolute atomic E-state index is 12.9. The molecule has 7 nitrogen and oxygen atoms in total. The second kappa shape index (κ2) is 7.65. The van der Waals surface area contributed by atoms with Crippen LogP contribution in [0.5, 0.6) is 5.75 Å². The van der Waals surface area contributed by atoms with Gasteiger partial charge < -0.3 is 9.64 Å². The number of rotatable bonds is 4. The van der Waals surface area contributed by atoms with E-state index in [1.54, 1.807) is 23.1 Å². The number of carbonyl (C=O) groups is 1. The van der Waals surface area contributed by atoms with Gasteiger partial charge in [-0.25, -0.2) is 4.98 Å². The average molecular weight is 455 g/mol. The number of aromatic nitrogens is 4. The average Bonchev–Trinajstić information content (AvgIpc) is 3.40. The molecule has 0 fully saturated rings. The lowest BCUT2D eigenvalue weighted by molar-refractivity contribution is -0.141. The first kappa shape index (κ1) is 21.0. The SMILES string of the molecule is COc1cc(-c2cnc3cc(-c4cnn(C)c4)ccn23)cc2c1C(=O)N(CC(F)(F)F)CC2. The van der Waals surface area contributed by atoms with Crippen LogP contribution in [-0.4, -0.2) is 56.3 Å². The van der Waals surface area contributed by atoms with Crippen molar-refractivity contribution in [3.05, 3.63) is 60.2 Å². The number of aryl methyl sites for hydroxylation is 1. The quantitative estimate of drug-likeness (QED) is 0.467. The van der Waals surface area contributed by atoms with Gasteiger partial charge in [0.15, 0.2) is 0 Å². The summed E-state index contributed by atoms with van der Waals surface area (Å²) in [4.78, 5) is 18.1. The molecule has 4 heterocycles. The fraction of sp³-hybridized carbons (Fsp3) is 0.261. The molecule has 0 aliphatic carbocycles. The number of carbonyl (C=O) groups excluding carboxylic acids is 1. The Morgan fingerprint density at radius 2 is 1.94 bits per heavy atom. The van der Waals surface area contributed by atoms with Crippen molar-refractivity contribution in [3.63, 3.8) is 0 Å². The smallest absolute Gasteiger partial charge is 0.406 e. The van der Waals surface area contributed by atoms with Gasteiger partial charge >= 0.3 is 6.18 Å². The highest BCUT2D eigenvalue weighted by atomic mass is 19.4. The van der Waals surface area contributed by atoms with Crippen LogP contribution in [0.2, 0.25) is 0 Å². The maximum atomic E-state index is 12.9. The lowest BCUT2D eigenvalue weighted by atomic mass is 9.94. The number of amides is 1.